The topological polar surface area (TPSA) is 29.1 Å². The minimum Gasteiger partial charge on any atom is -0.351 e. The van der Waals surface area contributed by atoms with Gasteiger partial charge in [-0.1, -0.05) is 54.1 Å². The Bertz CT molecular complexity index is 658. The molecule has 2 aromatic rings. The third-order valence-electron chi connectivity index (χ3n) is 3.82. The summed E-state index contributed by atoms with van der Waals surface area (Å²) in [6.45, 7) is 8.31. The Balaban J connectivity index is 1.99. The molecule has 0 radical (unpaired) electrons. The summed E-state index contributed by atoms with van der Waals surface area (Å²) < 4.78 is 0. The first-order chi connectivity index (χ1) is 10.4. The Kier molecular flexibility index (Phi) is 5.02. The van der Waals surface area contributed by atoms with Crippen molar-refractivity contribution in [3.05, 3.63) is 70.8 Å². The molecule has 0 spiro atoms. The maximum atomic E-state index is 12.3. The SMILES string of the molecule is Cc1cccc(CC(=O)NC(C)(C)Cc2ccccc2C)c1. The number of hydrogen-bond acceptors (Lipinski definition) is 1. The van der Waals surface area contributed by atoms with Crippen LogP contribution in [0.3, 0.4) is 0 Å². The van der Waals surface area contributed by atoms with E-state index in [1.807, 2.05) is 37.3 Å². The predicted octanol–water partition coefficient (Wildman–Crippen LogP) is 3.98. The summed E-state index contributed by atoms with van der Waals surface area (Å²) in [6, 6.07) is 16.4. The largest absolute Gasteiger partial charge is 0.351 e. The number of benzene rings is 2. The minimum atomic E-state index is -0.257. The zero-order chi connectivity index (χ0) is 16.2. The molecule has 1 N–H and O–H groups in total. The van der Waals surface area contributed by atoms with Crippen LogP contribution in [0, 0.1) is 13.8 Å². The highest BCUT2D eigenvalue weighted by atomic mass is 16.1. The van der Waals surface area contributed by atoms with Crippen molar-refractivity contribution in [3.8, 4) is 0 Å². The quantitative estimate of drug-likeness (QED) is 0.888. The molecule has 2 heteroatoms. The van der Waals surface area contributed by atoms with Gasteiger partial charge in [-0.2, -0.15) is 0 Å². The molecule has 0 unspecified atom stereocenters. The molecule has 2 rings (SSSR count). The lowest BCUT2D eigenvalue weighted by atomic mass is 9.92. The number of aryl methyl sites for hydroxylation is 2. The molecule has 0 aliphatic heterocycles. The number of hydrogen-bond donors (Lipinski definition) is 1. The highest BCUT2D eigenvalue weighted by molar-refractivity contribution is 5.79. The van der Waals surface area contributed by atoms with E-state index in [9.17, 15) is 4.79 Å². The molecule has 0 aromatic heterocycles. The summed E-state index contributed by atoms with van der Waals surface area (Å²) in [6.07, 6.45) is 1.26. The average molecular weight is 295 g/mol. The highest BCUT2D eigenvalue weighted by Gasteiger charge is 2.21. The maximum absolute atomic E-state index is 12.3. The normalized spacial score (nSPS) is 11.3. The minimum absolute atomic E-state index is 0.0733. The van der Waals surface area contributed by atoms with Gasteiger partial charge in [0.25, 0.3) is 0 Å². The van der Waals surface area contributed by atoms with Crippen molar-refractivity contribution in [2.45, 2.75) is 46.1 Å². The summed E-state index contributed by atoms with van der Waals surface area (Å²) in [7, 11) is 0. The molecule has 0 saturated carbocycles. The maximum Gasteiger partial charge on any atom is 0.224 e. The molecule has 0 atom stereocenters. The third-order valence-corrected chi connectivity index (χ3v) is 3.82. The van der Waals surface area contributed by atoms with Crippen LogP contribution in [0.1, 0.15) is 36.1 Å². The first-order valence-corrected chi connectivity index (χ1v) is 7.77. The monoisotopic (exact) mass is 295 g/mol. The van der Waals surface area contributed by atoms with Gasteiger partial charge >= 0.3 is 0 Å². The van der Waals surface area contributed by atoms with Crippen LogP contribution < -0.4 is 5.32 Å². The van der Waals surface area contributed by atoms with Gasteiger partial charge in [-0.05, 0) is 50.8 Å². The molecule has 0 bridgehead atoms. The van der Waals surface area contributed by atoms with Crippen LogP contribution in [-0.4, -0.2) is 11.4 Å². The van der Waals surface area contributed by atoms with Crippen LogP contribution >= 0.6 is 0 Å². The molecule has 22 heavy (non-hydrogen) atoms. The summed E-state index contributed by atoms with van der Waals surface area (Å²) in [4.78, 5) is 12.3. The van der Waals surface area contributed by atoms with E-state index in [0.717, 1.165) is 12.0 Å². The van der Waals surface area contributed by atoms with Crippen LogP contribution in [0.25, 0.3) is 0 Å². The van der Waals surface area contributed by atoms with Gasteiger partial charge in [0.15, 0.2) is 0 Å². The Morgan fingerprint density at radius 2 is 1.77 bits per heavy atom. The first kappa shape index (κ1) is 16.3. The van der Waals surface area contributed by atoms with Crippen molar-refractivity contribution in [1.29, 1.82) is 0 Å². The van der Waals surface area contributed by atoms with E-state index in [1.165, 1.54) is 16.7 Å². The van der Waals surface area contributed by atoms with E-state index in [2.05, 4.69) is 44.3 Å². The number of rotatable bonds is 5. The summed E-state index contributed by atoms with van der Waals surface area (Å²) in [5.74, 6) is 0.0733. The first-order valence-electron chi connectivity index (χ1n) is 7.77. The second-order valence-electron chi connectivity index (χ2n) is 6.70. The Morgan fingerprint density at radius 1 is 1.05 bits per heavy atom. The Morgan fingerprint density at radius 3 is 2.45 bits per heavy atom. The lowest BCUT2D eigenvalue weighted by Crippen LogP contribution is -2.45. The summed E-state index contributed by atoms with van der Waals surface area (Å²) in [5, 5.41) is 3.16. The molecule has 2 aromatic carbocycles. The van der Waals surface area contributed by atoms with Crippen LogP contribution in [-0.2, 0) is 17.6 Å². The van der Waals surface area contributed by atoms with Crippen LogP contribution in [0.5, 0.6) is 0 Å². The summed E-state index contributed by atoms with van der Waals surface area (Å²) in [5.41, 5.74) is 4.54. The molecule has 0 heterocycles. The van der Waals surface area contributed by atoms with Gasteiger partial charge in [0.05, 0.1) is 6.42 Å². The smallest absolute Gasteiger partial charge is 0.224 e. The van der Waals surface area contributed by atoms with E-state index < -0.39 is 0 Å². The number of nitrogens with one attached hydrogen (secondary N) is 1. The van der Waals surface area contributed by atoms with Crippen molar-refractivity contribution in [2.24, 2.45) is 0 Å². The molecule has 1 amide bonds. The number of amides is 1. The molecule has 116 valence electrons. The number of carbonyl (C=O) groups excluding carboxylic acids is 1. The molecule has 0 saturated heterocycles. The third kappa shape index (κ3) is 4.73. The van der Waals surface area contributed by atoms with Crippen molar-refractivity contribution in [2.75, 3.05) is 0 Å². The fourth-order valence-corrected chi connectivity index (χ4v) is 2.76. The van der Waals surface area contributed by atoms with Crippen LogP contribution in [0.4, 0.5) is 0 Å². The Hall–Kier alpha value is -2.09. The Labute approximate surface area is 133 Å². The second kappa shape index (κ2) is 6.78. The molecule has 2 nitrogen and oxygen atoms in total. The second-order valence-corrected chi connectivity index (χ2v) is 6.70. The molecule has 0 fully saturated rings. The van der Waals surface area contributed by atoms with Gasteiger partial charge in [-0.25, -0.2) is 0 Å². The van der Waals surface area contributed by atoms with Gasteiger partial charge < -0.3 is 5.32 Å². The zero-order valence-corrected chi connectivity index (χ0v) is 13.9. The molecule has 0 aliphatic carbocycles. The van der Waals surface area contributed by atoms with Crippen molar-refractivity contribution in [3.63, 3.8) is 0 Å². The highest BCUT2D eigenvalue weighted by Crippen LogP contribution is 2.16. The molecular formula is C20H25NO. The van der Waals surface area contributed by atoms with Crippen LogP contribution in [0.15, 0.2) is 48.5 Å². The van der Waals surface area contributed by atoms with Gasteiger partial charge in [-0.3, -0.25) is 4.79 Å². The van der Waals surface area contributed by atoms with Crippen molar-refractivity contribution < 1.29 is 4.79 Å². The lowest BCUT2D eigenvalue weighted by Gasteiger charge is -2.27. The fourth-order valence-electron chi connectivity index (χ4n) is 2.76. The summed E-state index contributed by atoms with van der Waals surface area (Å²) >= 11 is 0. The predicted molar refractivity (Wildman–Crippen MR) is 92.0 cm³/mol. The van der Waals surface area contributed by atoms with Crippen molar-refractivity contribution >= 4 is 5.91 Å². The van der Waals surface area contributed by atoms with Gasteiger partial charge in [0.1, 0.15) is 0 Å². The van der Waals surface area contributed by atoms with Crippen molar-refractivity contribution in [1.82, 2.24) is 5.32 Å². The fraction of sp³-hybridized carbons (Fsp3) is 0.350. The average Bonchev–Trinajstić information content (AvgIpc) is 2.40. The van der Waals surface area contributed by atoms with Gasteiger partial charge in [0, 0.05) is 5.54 Å². The standard InChI is InChI=1S/C20H25NO/c1-15-8-7-10-17(12-15)13-19(22)21-20(3,4)14-18-11-6-5-9-16(18)2/h5-12H,13-14H2,1-4H3,(H,21,22). The zero-order valence-electron chi connectivity index (χ0n) is 13.9. The number of carbonyl (C=O) groups is 1. The van der Waals surface area contributed by atoms with Gasteiger partial charge in [0.2, 0.25) is 5.91 Å². The van der Waals surface area contributed by atoms with E-state index in [4.69, 9.17) is 0 Å². The molecular weight excluding hydrogens is 270 g/mol. The lowest BCUT2D eigenvalue weighted by molar-refractivity contribution is -0.122. The van der Waals surface area contributed by atoms with Crippen LogP contribution in [0.2, 0.25) is 0 Å². The molecule has 0 aliphatic rings. The van der Waals surface area contributed by atoms with E-state index in [0.29, 0.717) is 6.42 Å². The van der Waals surface area contributed by atoms with E-state index in [1.54, 1.807) is 0 Å². The van der Waals surface area contributed by atoms with E-state index in [-0.39, 0.29) is 11.4 Å². The van der Waals surface area contributed by atoms with E-state index >= 15 is 0 Å². The van der Waals surface area contributed by atoms with Gasteiger partial charge in [-0.15, -0.1) is 0 Å².